The van der Waals surface area contributed by atoms with Crippen molar-refractivity contribution < 1.29 is 27.6 Å². The topological polar surface area (TPSA) is 157 Å². The summed E-state index contributed by atoms with van der Waals surface area (Å²) in [4.78, 5) is 31.2. The average Bonchev–Trinajstić information content (AvgIpc) is 2.95. The van der Waals surface area contributed by atoms with Crippen molar-refractivity contribution in [3.63, 3.8) is 0 Å². The number of hydrogen-bond acceptors (Lipinski definition) is 9. The van der Waals surface area contributed by atoms with Gasteiger partial charge in [-0.05, 0) is 49.7 Å². The van der Waals surface area contributed by atoms with E-state index in [-0.39, 0.29) is 47.3 Å². The molecule has 0 spiro atoms. The Morgan fingerprint density at radius 3 is 2.43 bits per heavy atom. The van der Waals surface area contributed by atoms with Gasteiger partial charge in [0, 0.05) is 24.7 Å². The summed E-state index contributed by atoms with van der Waals surface area (Å²) in [5.74, 6) is -0.547. The molecule has 2 aromatic carbocycles. The maximum atomic E-state index is 12.7. The molecule has 0 radical (unpaired) electrons. The molecule has 4 rings (SSSR count). The van der Waals surface area contributed by atoms with Crippen molar-refractivity contribution in [1.82, 2.24) is 15.3 Å². The molecule has 3 aromatic rings. The Balaban J connectivity index is 1.32. The highest BCUT2D eigenvalue weighted by Gasteiger charge is 2.32. The molecule has 1 amide bonds. The molecule has 1 atom stereocenters. The van der Waals surface area contributed by atoms with E-state index < -0.39 is 23.2 Å². The van der Waals surface area contributed by atoms with Gasteiger partial charge in [0.15, 0.2) is 0 Å². The summed E-state index contributed by atoms with van der Waals surface area (Å²) in [6.07, 6.45) is -0.0352. The van der Waals surface area contributed by atoms with Crippen molar-refractivity contribution >= 4 is 23.4 Å². The van der Waals surface area contributed by atoms with Crippen LogP contribution in [0.5, 0.6) is 5.75 Å². The molecule has 42 heavy (non-hydrogen) atoms. The fourth-order valence-corrected chi connectivity index (χ4v) is 4.92. The molecule has 0 aliphatic heterocycles. The van der Waals surface area contributed by atoms with E-state index >= 15 is 0 Å². The largest absolute Gasteiger partial charge is 0.573 e. The quantitative estimate of drug-likeness (QED) is 0.166. The van der Waals surface area contributed by atoms with E-state index in [1.807, 2.05) is 30.3 Å². The summed E-state index contributed by atoms with van der Waals surface area (Å²) in [5.41, 5.74) is 6.55. The van der Waals surface area contributed by atoms with Crippen LogP contribution in [0.25, 0.3) is 0 Å². The maximum absolute atomic E-state index is 12.7. The molecule has 1 aliphatic carbocycles. The maximum Gasteiger partial charge on any atom is 0.573 e. The van der Waals surface area contributed by atoms with Crippen molar-refractivity contribution in [2.24, 2.45) is 11.7 Å². The van der Waals surface area contributed by atoms with Gasteiger partial charge in [0.2, 0.25) is 17.7 Å². The number of carbonyl (C=O) groups is 1. The molecular weight excluding hydrogens is 555 g/mol. The second kappa shape index (κ2) is 13.9. The SMILES string of the molecule is NC(=O)[C@@H](Cc1ccccc1)NC1CCC(CNc2nc(NCc3ccccc3OC(F)(F)F)ncc2[N+](=O)[O-])CC1. The Labute approximate surface area is 240 Å². The van der Waals surface area contributed by atoms with Crippen LogP contribution in [0.4, 0.5) is 30.6 Å². The minimum atomic E-state index is -4.85. The number of primary amides is 1. The van der Waals surface area contributed by atoms with Crippen LogP contribution >= 0.6 is 0 Å². The van der Waals surface area contributed by atoms with Crippen LogP contribution in [0.2, 0.25) is 0 Å². The predicted octanol–water partition coefficient (Wildman–Crippen LogP) is 4.55. The lowest BCUT2D eigenvalue weighted by Crippen LogP contribution is -2.49. The normalized spacial score (nSPS) is 17.7. The summed E-state index contributed by atoms with van der Waals surface area (Å²) in [5, 5.41) is 20.8. The molecule has 11 nitrogen and oxygen atoms in total. The summed E-state index contributed by atoms with van der Waals surface area (Å²) >= 11 is 0. The highest BCUT2D eigenvalue weighted by atomic mass is 19.4. The van der Waals surface area contributed by atoms with Gasteiger partial charge in [-0.1, -0.05) is 48.5 Å². The van der Waals surface area contributed by atoms with Crippen LogP contribution in [0.15, 0.2) is 60.8 Å². The van der Waals surface area contributed by atoms with Crippen LogP contribution in [0.1, 0.15) is 36.8 Å². The Morgan fingerprint density at radius 2 is 1.76 bits per heavy atom. The number of carbonyl (C=O) groups excluding carboxylic acids is 1. The number of aromatic nitrogens is 2. The van der Waals surface area contributed by atoms with Crippen LogP contribution in [-0.4, -0.2) is 45.8 Å². The summed E-state index contributed by atoms with van der Waals surface area (Å²) < 4.78 is 42.2. The van der Waals surface area contributed by atoms with Gasteiger partial charge >= 0.3 is 12.0 Å². The van der Waals surface area contributed by atoms with Gasteiger partial charge < -0.3 is 26.4 Å². The number of amides is 1. The zero-order chi connectivity index (χ0) is 30.1. The first-order valence-electron chi connectivity index (χ1n) is 13.5. The van der Waals surface area contributed by atoms with E-state index in [1.165, 1.54) is 18.2 Å². The van der Waals surface area contributed by atoms with Gasteiger partial charge in [-0.3, -0.25) is 14.9 Å². The third-order valence-electron chi connectivity index (χ3n) is 7.07. The number of rotatable bonds is 13. The molecule has 1 aliphatic rings. The van der Waals surface area contributed by atoms with Gasteiger partial charge in [-0.25, -0.2) is 4.98 Å². The minimum absolute atomic E-state index is 0.00808. The standard InChI is InChI=1S/C28H32F3N7O4/c29-28(30,31)42-24-9-5-4-8-20(24)16-34-27-35-17-23(38(40)41)26(37-27)33-15-19-10-12-21(13-11-19)36-22(25(32)39)14-18-6-2-1-3-7-18/h1-9,17,19,21-22,36H,10-16H2,(H2,32,39)(H2,33,34,35,37)/t19?,21?,22-/m1/s1. The van der Waals surface area contributed by atoms with Crippen molar-refractivity contribution in [3.05, 3.63) is 82.0 Å². The van der Waals surface area contributed by atoms with Crippen LogP contribution in [-0.2, 0) is 17.8 Å². The first kappa shape index (κ1) is 30.5. The molecule has 5 N–H and O–H groups in total. The number of nitrogens with zero attached hydrogens (tertiary/aromatic N) is 3. The molecule has 14 heteroatoms. The first-order valence-corrected chi connectivity index (χ1v) is 13.5. The molecule has 0 unspecified atom stereocenters. The lowest BCUT2D eigenvalue weighted by Gasteiger charge is -2.31. The zero-order valence-electron chi connectivity index (χ0n) is 22.6. The van der Waals surface area contributed by atoms with E-state index in [2.05, 4.69) is 30.7 Å². The van der Waals surface area contributed by atoms with Gasteiger partial charge in [0.1, 0.15) is 11.9 Å². The number of nitrogens with two attached hydrogens (primary N) is 1. The number of nitro groups is 1. The molecular formula is C28H32F3N7O4. The lowest BCUT2D eigenvalue weighted by atomic mass is 9.85. The molecule has 1 heterocycles. The third kappa shape index (κ3) is 9.03. The van der Waals surface area contributed by atoms with Crippen LogP contribution in [0.3, 0.4) is 0 Å². The number of halogens is 3. The number of para-hydroxylation sites is 1. The van der Waals surface area contributed by atoms with Crippen molar-refractivity contribution in [2.75, 3.05) is 17.2 Å². The monoisotopic (exact) mass is 587 g/mol. The average molecular weight is 588 g/mol. The van der Waals surface area contributed by atoms with Gasteiger partial charge in [0.05, 0.1) is 11.0 Å². The van der Waals surface area contributed by atoms with Crippen molar-refractivity contribution in [3.8, 4) is 5.75 Å². The molecule has 0 saturated heterocycles. The summed E-state index contributed by atoms with van der Waals surface area (Å²) in [6.45, 7) is 0.326. The van der Waals surface area contributed by atoms with E-state index in [1.54, 1.807) is 6.07 Å². The molecule has 1 aromatic heterocycles. The van der Waals surface area contributed by atoms with Crippen molar-refractivity contribution in [1.29, 1.82) is 0 Å². The van der Waals surface area contributed by atoms with E-state index in [0.29, 0.717) is 13.0 Å². The number of anilines is 2. The molecule has 0 bridgehead atoms. The second-order valence-corrected chi connectivity index (χ2v) is 10.1. The predicted molar refractivity (Wildman–Crippen MR) is 150 cm³/mol. The number of hydrogen-bond donors (Lipinski definition) is 4. The Bertz CT molecular complexity index is 1350. The Kier molecular flexibility index (Phi) is 10.1. The highest BCUT2D eigenvalue weighted by molar-refractivity contribution is 5.80. The zero-order valence-corrected chi connectivity index (χ0v) is 22.6. The molecule has 1 fully saturated rings. The van der Waals surface area contributed by atoms with E-state index in [4.69, 9.17) is 5.73 Å². The number of ether oxygens (including phenoxy) is 1. The van der Waals surface area contributed by atoms with E-state index in [0.717, 1.165) is 37.4 Å². The lowest BCUT2D eigenvalue weighted by molar-refractivity contribution is -0.384. The van der Waals surface area contributed by atoms with Crippen LogP contribution < -0.4 is 26.4 Å². The van der Waals surface area contributed by atoms with Gasteiger partial charge in [-0.15, -0.1) is 13.2 Å². The van der Waals surface area contributed by atoms with Crippen LogP contribution in [0, 0.1) is 16.0 Å². The number of alkyl halides is 3. The van der Waals surface area contributed by atoms with Gasteiger partial charge in [-0.2, -0.15) is 4.98 Å². The number of nitrogens with one attached hydrogen (secondary N) is 3. The highest BCUT2D eigenvalue weighted by Crippen LogP contribution is 2.29. The smallest absolute Gasteiger partial charge is 0.405 e. The third-order valence-corrected chi connectivity index (χ3v) is 7.07. The number of benzene rings is 2. The van der Waals surface area contributed by atoms with Gasteiger partial charge in [0.25, 0.3) is 0 Å². The summed E-state index contributed by atoms with van der Waals surface area (Å²) in [7, 11) is 0. The van der Waals surface area contributed by atoms with Crippen molar-refractivity contribution in [2.45, 2.75) is 57.1 Å². The minimum Gasteiger partial charge on any atom is -0.405 e. The molecule has 224 valence electrons. The Hall–Kier alpha value is -4.46. The Morgan fingerprint density at radius 1 is 1.07 bits per heavy atom. The first-order chi connectivity index (χ1) is 20.1. The fourth-order valence-electron chi connectivity index (χ4n) is 4.92. The summed E-state index contributed by atoms with van der Waals surface area (Å²) in [6, 6.07) is 14.9. The second-order valence-electron chi connectivity index (χ2n) is 10.1. The fraction of sp³-hybridized carbons (Fsp3) is 0.393. The van der Waals surface area contributed by atoms with E-state index in [9.17, 15) is 28.1 Å². The molecule has 1 saturated carbocycles.